The van der Waals surface area contributed by atoms with E-state index in [1.54, 1.807) is 30.3 Å². The zero-order chi connectivity index (χ0) is 28.8. The largest absolute Gasteiger partial charge is 0.461 e. The van der Waals surface area contributed by atoms with E-state index < -0.39 is 60.7 Å². The molecule has 39 heavy (non-hydrogen) atoms. The van der Waals surface area contributed by atoms with Gasteiger partial charge in [0, 0.05) is 29.9 Å². The summed E-state index contributed by atoms with van der Waals surface area (Å²) in [6.45, 7) is 0. The fourth-order valence-electron chi connectivity index (χ4n) is 4.27. The van der Waals surface area contributed by atoms with Crippen LogP contribution in [0.3, 0.4) is 0 Å². The molecule has 0 aromatic heterocycles. The monoisotopic (exact) mass is 558 g/mol. The Morgan fingerprint density at radius 2 is 1.51 bits per heavy atom. The van der Waals surface area contributed by atoms with Crippen LogP contribution < -0.4 is 4.74 Å². The molecule has 3 nitrogen and oxygen atoms in total. The molecule has 0 unspecified atom stereocenters. The highest BCUT2D eigenvalue weighted by Gasteiger charge is 2.45. The molecule has 0 saturated heterocycles. The molecule has 11 heteroatoms. The lowest BCUT2D eigenvalue weighted by Crippen LogP contribution is -2.35. The quantitative estimate of drug-likeness (QED) is 0.169. The van der Waals surface area contributed by atoms with Crippen molar-refractivity contribution in [1.82, 2.24) is 0 Å². The molecule has 0 N–H and O–H groups in total. The minimum absolute atomic E-state index is 0.125. The molecule has 0 aliphatic carbocycles. The van der Waals surface area contributed by atoms with Crippen LogP contribution in [0.5, 0.6) is 5.75 Å². The number of halogens is 8. The maximum Gasteiger partial charge on any atom is 0.461 e. The molecule has 3 rings (SSSR count). The number of carbonyl (C=O) groups is 2. The van der Waals surface area contributed by atoms with Gasteiger partial charge in [-0.1, -0.05) is 54.6 Å². The van der Waals surface area contributed by atoms with E-state index in [1.807, 2.05) is 0 Å². The van der Waals surface area contributed by atoms with Crippen LogP contribution in [0.2, 0.25) is 0 Å². The van der Waals surface area contributed by atoms with E-state index in [0.717, 1.165) is 12.1 Å². The zero-order valence-corrected chi connectivity index (χ0v) is 20.2. The fraction of sp³-hybridized carbons (Fsp3) is 0.286. The molecular formula is C28H22F8O3. The first-order chi connectivity index (χ1) is 18.2. The van der Waals surface area contributed by atoms with Gasteiger partial charge >= 0.3 is 18.7 Å². The van der Waals surface area contributed by atoms with Crippen LogP contribution in [-0.4, -0.2) is 30.8 Å². The summed E-state index contributed by atoms with van der Waals surface area (Å²) in [6.07, 6.45) is -16.4. The standard InChI is InChI=1S/C28H22F8O3/c29-22-12-21(13-24(14-22)39-28(35,36)25(30)31)26(15-18-4-2-1-3-5-18,16-23(38)10-11-27(32,33)34)20-8-6-19(17-37)7-9-20/h1-9,12-14,17,25H,10-11,15-16H2/t26-/m1/s1. The van der Waals surface area contributed by atoms with Crippen molar-refractivity contribution in [3.8, 4) is 5.75 Å². The second-order valence-electron chi connectivity index (χ2n) is 8.96. The van der Waals surface area contributed by atoms with E-state index in [0.29, 0.717) is 17.9 Å². The van der Waals surface area contributed by atoms with Crippen LogP contribution in [0.1, 0.15) is 46.3 Å². The zero-order valence-electron chi connectivity index (χ0n) is 20.2. The summed E-state index contributed by atoms with van der Waals surface area (Å²) in [6, 6.07) is 16.0. The van der Waals surface area contributed by atoms with Gasteiger partial charge in [-0.2, -0.15) is 30.7 Å². The summed E-state index contributed by atoms with van der Waals surface area (Å²) in [5.41, 5.74) is -0.827. The first-order valence-corrected chi connectivity index (χ1v) is 11.6. The molecule has 0 saturated carbocycles. The molecule has 3 aromatic carbocycles. The van der Waals surface area contributed by atoms with E-state index in [1.165, 1.54) is 24.3 Å². The van der Waals surface area contributed by atoms with Crippen LogP contribution in [0, 0.1) is 5.82 Å². The van der Waals surface area contributed by atoms with Crippen molar-refractivity contribution in [3.05, 3.63) is 101 Å². The van der Waals surface area contributed by atoms with Gasteiger partial charge < -0.3 is 4.74 Å². The Hall–Kier alpha value is -3.76. The van der Waals surface area contributed by atoms with Crippen molar-refractivity contribution in [2.75, 3.05) is 0 Å². The summed E-state index contributed by atoms with van der Waals surface area (Å²) in [7, 11) is 0. The predicted octanol–water partition coefficient (Wildman–Crippen LogP) is 7.71. The fourth-order valence-corrected chi connectivity index (χ4v) is 4.27. The van der Waals surface area contributed by atoms with Crippen LogP contribution in [-0.2, 0) is 16.6 Å². The second-order valence-corrected chi connectivity index (χ2v) is 8.96. The summed E-state index contributed by atoms with van der Waals surface area (Å²) in [5.74, 6) is -3.01. The Morgan fingerprint density at radius 3 is 2.08 bits per heavy atom. The van der Waals surface area contributed by atoms with E-state index in [-0.39, 0.29) is 23.1 Å². The molecule has 0 bridgehead atoms. The van der Waals surface area contributed by atoms with Gasteiger partial charge in [0.05, 0.1) is 6.42 Å². The molecule has 3 aromatic rings. The molecule has 0 heterocycles. The number of ether oxygens (including phenoxy) is 1. The Morgan fingerprint density at radius 1 is 0.872 bits per heavy atom. The highest BCUT2D eigenvalue weighted by Crippen LogP contribution is 2.42. The Balaban J connectivity index is 2.23. The molecular weight excluding hydrogens is 536 g/mol. The number of Topliss-reactive ketones (excluding diaryl/α,β-unsaturated/α-hetero) is 1. The van der Waals surface area contributed by atoms with E-state index in [2.05, 4.69) is 4.74 Å². The minimum atomic E-state index is -4.97. The van der Waals surface area contributed by atoms with Gasteiger partial charge in [0.1, 0.15) is 23.6 Å². The van der Waals surface area contributed by atoms with Crippen LogP contribution >= 0.6 is 0 Å². The lowest BCUT2D eigenvalue weighted by atomic mass is 9.67. The van der Waals surface area contributed by atoms with Crippen LogP contribution in [0.4, 0.5) is 35.1 Å². The van der Waals surface area contributed by atoms with Crippen molar-refractivity contribution in [1.29, 1.82) is 0 Å². The summed E-state index contributed by atoms with van der Waals surface area (Å²) in [4.78, 5) is 24.2. The lowest BCUT2D eigenvalue weighted by molar-refractivity contribution is -0.253. The van der Waals surface area contributed by atoms with Crippen LogP contribution in [0.25, 0.3) is 0 Å². The SMILES string of the molecule is O=Cc1ccc([C@](CC(=O)CCC(F)(F)F)(Cc2ccccc2)c2cc(F)cc(OC(F)(F)C(F)F)c2)cc1. The number of hydrogen-bond acceptors (Lipinski definition) is 3. The van der Waals surface area contributed by atoms with Gasteiger partial charge in [0.15, 0.2) is 0 Å². The number of aldehydes is 1. The van der Waals surface area contributed by atoms with Gasteiger partial charge in [-0.05, 0) is 35.2 Å². The maximum atomic E-state index is 14.8. The number of ketones is 1. The van der Waals surface area contributed by atoms with Gasteiger partial charge in [-0.15, -0.1) is 0 Å². The van der Waals surface area contributed by atoms with Gasteiger partial charge in [0.2, 0.25) is 0 Å². The van der Waals surface area contributed by atoms with Gasteiger partial charge in [-0.3, -0.25) is 9.59 Å². The normalized spacial score (nSPS) is 13.7. The molecule has 0 amide bonds. The molecule has 0 aliphatic heterocycles. The van der Waals surface area contributed by atoms with Crippen molar-refractivity contribution < 1.29 is 49.4 Å². The third-order valence-corrected chi connectivity index (χ3v) is 6.07. The van der Waals surface area contributed by atoms with Crippen LogP contribution in [0.15, 0.2) is 72.8 Å². The lowest BCUT2D eigenvalue weighted by Gasteiger charge is -2.36. The molecule has 0 radical (unpaired) electrons. The maximum absolute atomic E-state index is 14.8. The average Bonchev–Trinajstić information content (AvgIpc) is 2.86. The van der Waals surface area contributed by atoms with Crippen molar-refractivity contribution in [3.63, 3.8) is 0 Å². The summed E-state index contributed by atoms with van der Waals surface area (Å²) >= 11 is 0. The number of carbonyl (C=O) groups excluding carboxylic acids is 2. The van der Waals surface area contributed by atoms with Gasteiger partial charge in [-0.25, -0.2) is 4.39 Å². The molecule has 0 aliphatic rings. The Bertz CT molecular complexity index is 1270. The van der Waals surface area contributed by atoms with Crippen molar-refractivity contribution in [2.24, 2.45) is 0 Å². The highest BCUT2D eigenvalue weighted by molar-refractivity contribution is 5.81. The topological polar surface area (TPSA) is 43.4 Å². The molecule has 208 valence electrons. The predicted molar refractivity (Wildman–Crippen MR) is 126 cm³/mol. The number of rotatable bonds is 12. The highest BCUT2D eigenvalue weighted by atomic mass is 19.4. The van der Waals surface area contributed by atoms with E-state index in [9.17, 15) is 44.7 Å². The third-order valence-electron chi connectivity index (χ3n) is 6.07. The minimum Gasteiger partial charge on any atom is -0.428 e. The Labute approximate surface area is 218 Å². The average molecular weight is 558 g/mol. The number of hydrogen-bond donors (Lipinski definition) is 0. The summed E-state index contributed by atoms with van der Waals surface area (Å²) in [5, 5.41) is 0. The summed E-state index contributed by atoms with van der Waals surface area (Å²) < 4.78 is 110. The van der Waals surface area contributed by atoms with E-state index in [4.69, 9.17) is 0 Å². The Kier molecular flexibility index (Phi) is 9.14. The van der Waals surface area contributed by atoms with E-state index >= 15 is 0 Å². The second kappa shape index (κ2) is 12.0. The number of alkyl halides is 7. The smallest absolute Gasteiger partial charge is 0.428 e. The van der Waals surface area contributed by atoms with Crippen molar-refractivity contribution >= 4 is 12.1 Å². The molecule has 0 fully saturated rings. The van der Waals surface area contributed by atoms with Crippen molar-refractivity contribution in [2.45, 2.75) is 49.8 Å². The molecule has 0 spiro atoms. The first-order valence-electron chi connectivity index (χ1n) is 11.6. The molecule has 1 atom stereocenters. The van der Waals surface area contributed by atoms with Gasteiger partial charge in [0.25, 0.3) is 0 Å². The number of benzene rings is 3. The first kappa shape index (κ1) is 29.8. The third kappa shape index (κ3) is 7.87.